The van der Waals surface area contributed by atoms with Crippen molar-refractivity contribution < 1.29 is 23.7 Å². The van der Waals surface area contributed by atoms with Crippen LogP contribution in [0.15, 0.2) is 45.9 Å². The third kappa shape index (κ3) is 4.24. The second kappa shape index (κ2) is 8.28. The summed E-state index contributed by atoms with van der Waals surface area (Å²) < 4.78 is 4.95. The Balaban J connectivity index is 1.66. The van der Waals surface area contributed by atoms with Gasteiger partial charge in [-0.1, -0.05) is 17.7 Å². The van der Waals surface area contributed by atoms with E-state index in [1.807, 2.05) is 0 Å². The molecule has 1 N–H and O–H groups in total. The van der Waals surface area contributed by atoms with Gasteiger partial charge >= 0.3 is 0 Å². The highest BCUT2D eigenvalue weighted by Crippen LogP contribution is 2.33. The van der Waals surface area contributed by atoms with Crippen molar-refractivity contribution in [2.75, 3.05) is 13.1 Å². The third-order valence-electron chi connectivity index (χ3n) is 3.70. The van der Waals surface area contributed by atoms with Crippen LogP contribution in [-0.2, 0) is 4.79 Å². The van der Waals surface area contributed by atoms with Crippen molar-refractivity contribution in [3.05, 3.63) is 68.0 Å². The van der Waals surface area contributed by atoms with Gasteiger partial charge in [0.05, 0.1) is 16.1 Å². The maximum absolute atomic E-state index is 12.4. The van der Waals surface area contributed by atoms with Gasteiger partial charge in [-0.15, -0.1) is 0 Å². The number of halogens is 1. The van der Waals surface area contributed by atoms with E-state index in [1.54, 1.807) is 6.07 Å². The van der Waals surface area contributed by atoms with Gasteiger partial charge in [0.1, 0.15) is 5.02 Å². The van der Waals surface area contributed by atoms with E-state index in [2.05, 4.69) is 5.32 Å². The Morgan fingerprint density at radius 2 is 2.14 bits per heavy atom. The van der Waals surface area contributed by atoms with Gasteiger partial charge in [0, 0.05) is 19.2 Å². The zero-order valence-corrected chi connectivity index (χ0v) is 15.7. The molecule has 0 radical (unpaired) electrons. The number of carbonyl (C=O) groups is 3. The van der Waals surface area contributed by atoms with Gasteiger partial charge in [0.15, 0.2) is 5.76 Å². The van der Waals surface area contributed by atoms with Gasteiger partial charge in [0.25, 0.3) is 22.7 Å². The lowest BCUT2D eigenvalue weighted by molar-refractivity contribution is -0.384. The molecule has 144 valence electrons. The summed E-state index contributed by atoms with van der Waals surface area (Å²) in [5.74, 6) is -0.876. The van der Waals surface area contributed by atoms with Crippen molar-refractivity contribution >= 4 is 52.2 Å². The van der Waals surface area contributed by atoms with Crippen LogP contribution < -0.4 is 5.32 Å². The van der Waals surface area contributed by atoms with E-state index in [9.17, 15) is 24.5 Å². The molecular weight excluding hydrogens is 410 g/mol. The molecule has 9 nitrogen and oxygen atoms in total. The van der Waals surface area contributed by atoms with Crippen molar-refractivity contribution in [2.45, 2.75) is 0 Å². The van der Waals surface area contributed by atoms with E-state index >= 15 is 0 Å². The van der Waals surface area contributed by atoms with Crippen LogP contribution in [0.3, 0.4) is 0 Å². The number of nitrogens with zero attached hydrogens (tertiary/aromatic N) is 2. The van der Waals surface area contributed by atoms with Crippen LogP contribution in [0.2, 0.25) is 5.02 Å². The molecule has 1 aromatic heterocycles. The molecule has 0 spiro atoms. The molecule has 1 aromatic carbocycles. The van der Waals surface area contributed by atoms with E-state index < -0.39 is 22.0 Å². The molecule has 0 atom stereocenters. The standard InChI is InChI=1S/C17H12ClN3O6S/c18-11-4-3-10(8-12(11)21(25)26)9-14-16(23)20(17(24)28-14)6-5-19-15(22)13-2-1-7-27-13/h1-4,7-9H,5-6H2,(H,19,22)/b14-9-. The molecule has 0 aliphatic carbocycles. The third-order valence-corrected chi connectivity index (χ3v) is 4.93. The fourth-order valence-corrected chi connectivity index (χ4v) is 3.43. The fourth-order valence-electron chi connectivity index (χ4n) is 2.38. The topological polar surface area (TPSA) is 123 Å². The molecule has 2 aromatic rings. The van der Waals surface area contributed by atoms with Crippen LogP contribution >= 0.6 is 23.4 Å². The second-order valence-electron chi connectivity index (χ2n) is 5.53. The predicted octanol–water partition coefficient (Wildman–Crippen LogP) is 3.31. The lowest BCUT2D eigenvalue weighted by Gasteiger charge is -2.12. The van der Waals surface area contributed by atoms with Gasteiger partial charge in [-0.3, -0.25) is 29.4 Å². The lowest BCUT2D eigenvalue weighted by Crippen LogP contribution is -2.37. The normalized spacial score (nSPS) is 15.3. The largest absolute Gasteiger partial charge is 0.459 e. The summed E-state index contributed by atoms with van der Waals surface area (Å²) in [4.78, 5) is 47.8. The molecule has 0 saturated carbocycles. The number of rotatable bonds is 6. The van der Waals surface area contributed by atoms with E-state index in [0.29, 0.717) is 17.3 Å². The highest BCUT2D eigenvalue weighted by molar-refractivity contribution is 8.18. The van der Waals surface area contributed by atoms with Crippen molar-refractivity contribution in [2.24, 2.45) is 0 Å². The Hall–Kier alpha value is -3.11. The van der Waals surface area contributed by atoms with Gasteiger partial charge < -0.3 is 9.73 Å². The Morgan fingerprint density at radius 3 is 2.82 bits per heavy atom. The summed E-state index contributed by atoms with van der Waals surface area (Å²) in [6.07, 6.45) is 2.74. The quantitative estimate of drug-likeness (QED) is 0.431. The Bertz CT molecular complexity index is 989. The minimum Gasteiger partial charge on any atom is -0.459 e. The molecule has 0 unspecified atom stereocenters. The summed E-state index contributed by atoms with van der Waals surface area (Å²) in [5.41, 5.74) is 0.0722. The zero-order valence-electron chi connectivity index (χ0n) is 14.1. The van der Waals surface area contributed by atoms with Crippen molar-refractivity contribution in [3.8, 4) is 0 Å². The summed E-state index contributed by atoms with van der Waals surface area (Å²) >= 11 is 6.48. The predicted molar refractivity (Wildman–Crippen MR) is 102 cm³/mol. The monoisotopic (exact) mass is 421 g/mol. The first-order chi connectivity index (χ1) is 13.4. The number of carbonyl (C=O) groups excluding carboxylic acids is 3. The van der Waals surface area contributed by atoms with Crippen LogP contribution in [0.1, 0.15) is 16.1 Å². The molecule has 28 heavy (non-hydrogen) atoms. The number of imide groups is 1. The fraction of sp³-hybridized carbons (Fsp3) is 0.118. The smallest absolute Gasteiger partial charge is 0.293 e. The van der Waals surface area contributed by atoms with Crippen LogP contribution in [-0.4, -0.2) is 40.0 Å². The summed E-state index contributed by atoms with van der Waals surface area (Å²) in [5, 5.41) is 13.0. The Kier molecular flexibility index (Phi) is 5.81. The Labute approximate surface area is 167 Å². The highest BCUT2D eigenvalue weighted by atomic mass is 35.5. The van der Waals surface area contributed by atoms with Crippen LogP contribution in [0.25, 0.3) is 6.08 Å². The first-order valence-corrected chi connectivity index (χ1v) is 9.07. The number of nitrogens with one attached hydrogen (secondary N) is 1. The maximum atomic E-state index is 12.4. The number of furan rings is 1. The maximum Gasteiger partial charge on any atom is 0.293 e. The Morgan fingerprint density at radius 1 is 1.36 bits per heavy atom. The number of nitro groups is 1. The minimum absolute atomic E-state index is 0.0186. The average molecular weight is 422 g/mol. The molecule has 1 aliphatic rings. The SMILES string of the molecule is O=C(NCCN1C(=O)S/C(=C\c2ccc(Cl)c([N+](=O)[O-])c2)C1=O)c1ccco1. The van der Waals surface area contributed by atoms with Crippen molar-refractivity contribution in [1.29, 1.82) is 0 Å². The number of nitro benzene ring substituents is 1. The van der Waals surface area contributed by atoms with Crippen molar-refractivity contribution in [3.63, 3.8) is 0 Å². The molecule has 1 fully saturated rings. The molecule has 11 heteroatoms. The molecule has 2 heterocycles. The average Bonchev–Trinajstić information content (AvgIpc) is 3.27. The van der Waals surface area contributed by atoms with Gasteiger partial charge in [-0.05, 0) is 41.6 Å². The number of amides is 3. The minimum atomic E-state index is -0.632. The number of thioether (sulfide) groups is 1. The number of benzene rings is 1. The van der Waals surface area contributed by atoms with Gasteiger partial charge in [0.2, 0.25) is 0 Å². The van der Waals surface area contributed by atoms with Crippen molar-refractivity contribution in [1.82, 2.24) is 10.2 Å². The van der Waals surface area contributed by atoms with Gasteiger partial charge in [-0.25, -0.2) is 0 Å². The van der Waals surface area contributed by atoms with E-state index in [1.165, 1.54) is 36.6 Å². The van der Waals surface area contributed by atoms with E-state index in [0.717, 1.165) is 4.90 Å². The molecule has 0 bridgehead atoms. The van der Waals surface area contributed by atoms with Crippen LogP contribution in [0.5, 0.6) is 0 Å². The van der Waals surface area contributed by atoms with E-state index in [-0.39, 0.29) is 34.5 Å². The summed E-state index contributed by atoms with van der Waals surface area (Å²) in [7, 11) is 0. The first kappa shape index (κ1) is 19.6. The molecule has 3 amide bonds. The second-order valence-corrected chi connectivity index (χ2v) is 6.93. The molecular formula is C17H12ClN3O6S. The molecule has 1 saturated heterocycles. The molecule has 1 aliphatic heterocycles. The number of hydrogen-bond donors (Lipinski definition) is 1. The van der Waals surface area contributed by atoms with Gasteiger partial charge in [-0.2, -0.15) is 0 Å². The lowest BCUT2D eigenvalue weighted by atomic mass is 10.2. The number of hydrogen-bond acceptors (Lipinski definition) is 7. The molecule has 3 rings (SSSR count). The summed E-state index contributed by atoms with van der Waals surface area (Å²) in [6.45, 7) is 0.0342. The van der Waals surface area contributed by atoms with Crippen LogP contribution in [0, 0.1) is 10.1 Å². The van der Waals surface area contributed by atoms with Crippen LogP contribution in [0.4, 0.5) is 10.5 Å². The van der Waals surface area contributed by atoms with E-state index in [4.69, 9.17) is 16.0 Å². The first-order valence-electron chi connectivity index (χ1n) is 7.88. The summed E-state index contributed by atoms with van der Waals surface area (Å²) in [6, 6.07) is 7.13. The zero-order chi connectivity index (χ0) is 20.3. The highest BCUT2D eigenvalue weighted by Gasteiger charge is 2.34.